The van der Waals surface area contributed by atoms with Crippen LogP contribution in [-0.2, 0) is 16.9 Å². The molecule has 7 rings (SSSR count). The van der Waals surface area contributed by atoms with Crippen LogP contribution in [-0.4, -0.2) is 30.4 Å². The zero-order valence-electron chi connectivity index (χ0n) is 21.4. The van der Waals surface area contributed by atoms with Gasteiger partial charge in [0, 0.05) is 6.42 Å². The molecular weight excluding hydrogens is 555 g/mol. The summed E-state index contributed by atoms with van der Waals surface area (Å²) >= 11 is 3.31. The van der Waals surface area contributed by atoms with E-state index in [-0.39, 0.29) is 28.5 Å². The number of hydrogen-bond acceptors (Lipinski definition) is 5. The highest BCUT2D eigenvalue weighted by molar-refractivity contribution is 9.10. The summed E-state index contributed by atoms with van der Waals surface area (Å²) in [5.41, 5.74) is 2.83. The maximum absolute atomic E-state index is 13.5. The molecule has 3 aromatic rings. The van der Waals surface area contributed by atoms with Crippen LogP contribution in [0.2, 0.25) is 0 Å². The van der Waals surface area contributed by atoms with Gasteiger partial charge in [0.2, 0.25) is 5.91 Å². The molecule has 2 heterocycles. The van der Waals surface area contributed by atoms with Crippen molar-refractivity contribution >= 4 is 33.3 Å². The number of benzene rings is 1. The van der Waals surface area contributed by atoms with Gasteiger partial charge in [-0.1, -0.05) is 12.1 Å². The Bertz CT molecular complexity index is 1420. The molecule has 1 amide bonds. The van der Waals surface area contributed by atoms with Gasteiger partial charge in [-0.3, -0.25) is 9.48 Å². The van der Waals surface area contributed by atoms with Crippen molar-refractivity contribution in [1.82, 2.24) is 19.6 Å². The second-order valence-electron chi connectivity index (χ2n) is 11.7. The van der Waals surface area contributed by atoms with Gasteiger partial charge in [0.15, 0.2) is 0 Å². The number of rotatable bonds is 7. The number of anilines is 1. The fourth-order valence-electron chi connectivity index (χ4n) is 7.91. The summed E-state index contributed by atoms with van der Waals surface area (Å²) in [7, 11) is 0. The Morgan fingerprint density at radius 1 is 1.18 bits per heavy atom. The van der Waals surface area contributed by atoms with Crippen LogP contribution in [0, 0.1) is 47.0 Å². The van der Waals surface area contributed by atoms with Gasteiger partial charge < -0.3 is 15.4 Å². The number of carbonyl (C=O) groups excluding carboxylic acids is 1. The van der Waals surface area contributed by atoms with Crippen LogP contribution >= 0.6 is 15.9 Å². The number of hydrogen-bond donors (Lipinski definition) is 1. The normalized spacial score (nSPS) is 27.6. The summed E-state index contributed by atoms with van der Waals surface area (Å²) in [5, 5.41) is 23.6. The topological polar surface area (TPSA) is 108 Å². The molecule has 2 unspecified atom stereocenters. The maximum atomic E-state index is 13.5. The van der Waals surface area contributed by atoms with Crippen molar-refractivity contribution in [3.05, 3.63) is 67.8 Å². The van der Waals surface area contributed by atoms with Crippen LogP contribution in [0.5, 0.6) is 0 Å². The lowest BCUT2D eigenvalue weighted by molar-refractivity contribution is -0.390. The smallest absolute Gasteiger partial charge is 0.358 e. The predicted octanol–water partition coefficient (Wildman–Crippen LogP) is 5.88. The Morgan fingerprint density at radius 2 is 1.87 bits per heavy atom. The lowest BCUT2D eigenvalue weighted by Gasteiger charge is -2.61. The van der Waals surface area contributed by atoms with Gasteiger partial charge >= 0.3 is 5.82 Å². The van der Waals surface area contributed by atoms with Crippen molar-refractivity contribution in [3.8, 4) is 0 Å². The zero-order valence-corrected chi connectivity index (χ0v) is 23.0. The first-order valence-electron chi connectivity index (χ1n) is 13.0. The molecule has 200 valence electrons. The number of nitrogens with one attached hydrogen (secondary N) is 1. The highest BCUT2D eigenvalue weighted by atomic mass is 79.9. The van der Waals surface area contributed by atoms with E-state index >= 15 is 0 Å². The molecule has 1 N–H and O–H groups in total. The molecule has 9 nitrogen and oxygen atoms in total. The van der Waals surface area contributed by atoms with E-state index in [9.17, 15) is 19.3 Å². The van der Waals surface area contributed by atoms with E-state index < -0.39 is 4.92 Å². The van der Waals surface area contributed by atoms with Gasteiger partial charge in [-0.25, -0.2) is 4.39 Å². The first-order chi connectivity index (χ1) is 18.0. The fraction of sp³-hybridized carbons (Fsp3) is 0.519. The largest absolute Gasteiger partial charge is 0.404 e. The highest BCUT2D eigenvalue weighted by Crippen LogP contribution is 2.65. The summed E-state index contributed by atoms with van der Waals surface area (Å²) in [6.45, 7) is 4.30. The highest BCUT2D eigenvalue weighted by Gasteiger charge is 2.60. The second-order valence-corrected chi connectivity index (χ2v) is 12.6. The third-order valence-corrected chi connectivity index (χ3v) is 9.45. The Hall–Kier alpha value is -3.08. The van der Waals surface area contributed by atoms with Crippen molar-refractivity contribution in [2.45, 2.75) is 70.9 Å². The van der Waals surface area contributed by atoms with Crippen molar-refractivity contribution < 1.29 is 14.1 Å². The number of aryl methyl sites for hydroxylation is 1. The van der Waals surface area contributed by atoms with Crippen LogP contribution in [0.3, 0.4) is 0 Å². The molecule has 4 aliphatic rings. The second kappa shape index (κ2) is 9.00. The first-order valence-corrected chi connectivity index (χ1v) is 13.8. The van der Waals surface area contributed by atoms with E-state index in [1.807, 2.05) is 23.2 Å². The number of halogens is 2. The molecule has 2 aromatic heterocycles. The Morgan fingerprint density at radius 3 is 2.50 bits per heavy atom. The monoisotopic (exact) mass is 584 g/mol. The zero-order chi connectivity index (χ0) is 26.8. The number of nitro groups is 1. The third kappa shape index (κ3) is 4.34. The minimum Gasteiger partial charge on any atom is -0.358 e. The fourth-order valence-corrected chi connectivity index (χ4v) is 8.32. The predicted molar refractivity (Wildman–Crippen MR) is 142 cm³/mol. The van der Waals surface area contributed by atoms with Crippen LogP contribution in [0.15, 0.2) is 34.9 Å². The van der Waals surface area contributed by atoms with E-state index in [0.717, 1.165) is 61.2 Å². The van der Waals surface area contributed by atoms with Gasteiger partial charge in [-0.15, -0.1) is 0 Å². The molecular formula is C27H30BrFN6O3. The lowest BCUT2D eigenvalue weighted by Crippen LogP contribution is -2.57. The quantitative estimate of drug-likeness (QED) is 0.275. The minimum absolute atomic E-state index is 0.0257. The van der Waals surface area contributed by atoms with E-state index in [1.165, 1.54) is 12.1 Å². The van der Waals surface area contributed by atoms with Gasteiger partial charge in [0.05, 0.1) is 40.5 Å². The van der Waals surface area contributed by atoms with Crippen LogP contribution in [0.25, 0.3) is 0 Å². The molecule has 38 heavy (non-hydrogen) atoms. The van der Waals surface area contributed by atoms with Crippen LogP contribution in [0.1, 0.15) is 61.9 Å². The third-order valence-electron chi connectivity index (χ3n) is 8.89. The van der Waals surface area contributed by atoms with E-state index in [2.05, 4.69) is 31.4 Å². The van der Waals surface area contributed by atoms with E-state index in [4.69, 9.17) is 0 Å². The standard InChI is InChI=1S/C27H30BrFN6O3/c1-16-24(17(2)33(31-16)13-18-3-5-21(29)6-4-18)30-23(36)12-26-8-19-7-20(9-26)11-27(10-19,15-26)34-14-22(28)25(32-34)35(37)38/h3-6,14,19-20H,7-13,15H2,1-2H3,(H,30,36). The Kier molecular flexibility index (Phi) is 5.97. The van der Waals surface area contributed by atoms with Gasteiger partial charge in [0.1, 0.15) is 10.3 Å². The van der Waals surface area contributed by atoms with Gasteiger partial charge in [-0.05, 0) is 108 Å². The summed E-state index contributed by atoms with van der Waals surface area (Å²) < 4.78 is 17.3. The number of amides is 1. The average molecular weight is 585 g/mol. The molecule has 0 radical (unpaired) electrons. The van der Waals surface area contributed by atoms with E-state index in [0.29, 0.717) is 29.3 Å². The first kappa shape index (κ1) is 25.2. The Labute approximate surface area is 228 Å². The molecule has 4 aliphatic carbocycles. The molecule has 4 bridgehead atoms. The van der Waals surface area contributed by atoms with Crippen LogP contribution < -0.4 is 5.32 Å². The molecule has 2 atom stereocenters. The minimum atomic E-state index is -0.453. The van der Waals surface area contributed by atoms with Crippen LogP contribution in [0.4, 0.5) is 15.9 Å². The molecule has 0 aliphatic heterocycles. The SMILES string of the molecule is Cc1nn(Cc2ccc(F)cc2)c(C)c1NC(=O)CC12CC3CC(C1)CC(n1cc(Br)c([N+](=O)[O-])n1)(C3)C2. The summed E-state index contributed by atoms with van der Waals surface area (Å²) in [5.74, 6) is 0.527. The van der Waals surface area contributed by atoms with Crippen molar-refractivity contribution in [1.29, 1.82) is 0 Å². The van der Waals surface area contributed by atoms with Crippen molar-refractivity contribution in [3.63, 3.8) is 0 Å². The molecule has 4 saturated carbocycles. The summed E-state index contributed by atoms with van der Waals surface area (Å²) in [6.07, 6.45) is 8.03. The summed E-state index contributed by atoms with van der Waals surface area (Å²) in [6, 6.07) is 6.34. The molecule has 11 heteroatoms. The molecule has 1 aromatic carbocycles. The number of carbonyl (C=O) groups is 1. The van der Waals surface area contributed by atoms with Gasteiger partial charge in [0.25, 0.3) is 0 Å². The summed E-state index contributed by atoms with van der Waals surface area (Å²) in [4.78, 5) is 24.5. The van der Waals surface area contributed by atoms with Gasteiger partial charge in [-0.2, -0.15) is 9.78 Å². The van der Waals surface area contributed by atoms with Crippen molar-refractivity contribution in [2.75, 3.05) is 5.32 Å². The maximum Gasteiger partial charge on any atom is 0.404 e. The number of nitrogens with zero attached hydrogens (tertiary/aromatic N) is 5. The number of aromatic nitrogens is 4. The average Bonchev–Trinajstić information content (AvgIpc) is 3.35. The van der Waals surface area contributed by atoms with Crippen molar-refractivity contribution in [2.24, 2.45) is 17.3 Å². The lowest BCUT2D eigenvalue weighted by atomic mass is 9.46. The molecule has 4 fully saturated rings. The van der Waals surface area contributed by atoms with E-state index in [1.54, 1.807) is 18.3 Å². The Balaban J connectivity index is 1.21. The molecule has 0 spiro atoms. The molecule has 0 saturated heterocycles.